The van der Waals surface area contributed by atoms with Gasteiger partial charge in [-0.15, -0.1) is 0 Å². The molecule has 0 bridgehead atoms. The Balaban J connectivity index is 1.43. The Bertz CT molecular complexity index is 1100. The Kier molecular flexibility index (Phi) is 6.55. The number of amides is 1. The first-order chi connectivity index (χ1) is 15.5. The van der Waals surface area contributed by atoms with Gasteiger partial charge in [0.05, 0.1) is 12.8 Å². The number of hydrogen-bond acceptors (Lipinski definition) is 8. The summed E-state index contributed by atoms with van der Waals surface area (Å²) < 4.78 is 5.49. The van der Waals surface area contributed by atoms with E-state index in [1.165, 1.54) is 13.3 Å². The maximum Gasteiger partial charge on any atom is 0.231 e. The summed E-state index contributed by atoms with van der Waals surface area (Å²) >= 11 is 6.19. The zero-order valence-corrected chi connectivity index (χ0v) is 18.6. The molecule has 1 saturated heterocycles. The maximum absolute atomic E-state index is 11.3. The van der Waals surface area contributed by atoms with Crippen molar-refractivity contribution >= 4 is 46.5 Å². The van der Waals surface area contributed by atoms with Crippen molar-refractivity contribution in [1.82, 2.24) is 15.0 Å². The number of ether oxygens (including phenoxy) is 1. The minimum atomic E-state index is -0.126. The third kappa shape index (κ3) is 5.17. The minimum Gasteiger partial charge on any atom is -0.495 e. The molecular weight excluding hydrogens is 430 g/mol. The van der Waals surface area contributed by atoms with Crippen LogP contribution in [-0.4, -0.2) is 54.1 Å². The molecule has 0 spiro atoms. The highest BCUT2D eigenvalue weighted by molar-refractivity contribution is 6.30. The molecule has 3 aromatic rings. The third-order valence-electron chi connectivity index (χ3n) is 5.04. The highest BCUT2D eigenvalue weighted by atomic mass is 35.5. The van der Waals surface area contributed by atoms with Gasteiger partial charge in [0.15, 0.2) is 0 Å². The van der Waals surface area contributed by atoms with E-state index in [2.05, 4.69) is 35.4 Å². The Hall–Kier alpha value is -3.59. The molecule has 2 aromatic carbocycles. The summed E-state index contributed by atoms with van der Waals surface area (Å²) in [4.78, 5) is 28.8. The van der Waals surface area contributed by atoms with Crippen LogP contribution in [-0.2, 0) is 4.79 Å². The number of hydrogen-bond donors (Lipinski definition) is 2. The van der Waals surface area contributed by atoms with E-state index in [0.29, 0.717) is 22.6 Å². The van der Waals surface area contributed by atoms with E-state index >= 15 is 0 Å². The topological polar surface area (TPSA) is 95.5 Å². The largest absolute Gasteiger partial charge is 0.495 e. The quantitative estimate of drug-likeness (QED) is 0.585. The van der Waals surface area contributed by atoms with Crippen LogP contribution in [0.3, 0.4) is 0 Å². The molecule has 32 heavy (non-hydrogen) atoms. The standard InChI is InChI=1S/C22H24ClN7O2/c1-15(31)26-17-4-3-5-18(13-17)27-21-24-14-25-22(28-21)30-10-8-29(9-11-30)19-12-16(23)6-7-20(19)32-2/h3-7,12-14H,8-11H2,1-2H3,(H,26,31)(H,24,25,27,28). The lowest BCUT2D eigenvalue weighted by Crippen LogP contribution is -2.47. The number of nitrogens with zero attached hydrogens (tertiary/aromatic N) is 5. The van der Waals surface area contributed by atoms with Crippen molar-refractivity contribution in [1.29, 1.82) is 0 Å². The van der Waals surface area contributed by atoms with Gasteiger partial charge in [-0.2, -0.15) is 4.98 Å². The van der Waals surface area contributed by atoms with E-state index in [0.717, 1.165) is 43.3 Å². The molecule has 1 fully saturated rings. The molecule has 2 N–H and O–H groups in total. The van der Waals surface area contributed by atoms with Crippen molar-refractivity contribution in [2.24, 2.45) is 0 Å². The van der Waals surface area contributed by atoms with Crippen molar-refractivity contribution in [2.45, 2.75) is 6.92 Å². The van der Waals surface area contributed by atoms with Crippen molar-refractivity contribution < 1.29 is 9.53 Å². The van der Waals surface area contributed by atoms with Gasteiger partial charge in [-0.3, -0.25) is 4.79 Å². The van der Waals surface area contributed by atoms with E-state index < -0.39 is 0 Å². The summed E-state index contributed by atoms with van der Waals surface area (Å²) in [6.45, 7) is 4.53. The molecule has 1 aliphatic heterocycles. The zero-order valence-electron chi connectivity index (χ0n) is 17.9. The first-order valence-electron chi connectivity index (χ1n) is 10.2. The van der Waals surface area contributed by atoms with Crippen molar-refractivity contribution in [3.63, 3.8) is 0 Å². The SMILES string of the molecule is COc1ccc(Cl)cc1N1CCN(c2ncnc(Nc3cccc(NC(C)=O)c3)n2)CC1. The summed E-state index contributed by atoms with van der Waals surface area (Å²) in [6, 6.07) is 13.0. The summed E-state index contributed by atoms with van der Waals surface area (Å²) in [7, 11) is 1.66. The van der Waals surface area contributed by atoms with E-state index in [1.54, 1.807) is 7.11 Å². The van der Waals surface area contributed by atoms with Crippen molar-refractivity contribution in [3.8, 4) is 5.75 Å². The van der Waals surface area contributed by atoms with Crippen LogP contribution in [0.15, 0.2) is 48.8 Å². The molecule has 1 aliphatic rings. The van der Waals surface area contributed by atoms with Crippen LogP contribution in [0.25, 0.3) is 0 Å². The molecule has 0 radical (unpaired) electrons. The Morgan fingerprint density at radius 2 is 1.78 bits per heavy atom. The Morgan fingerprint density at radius 3 is 2.53 bits per heavy atom. The molecule has 0 unspecified atom stereocenters. The maximum atomic E-state index is 11.3. The smallest absolute Gasteiger partial charge is 0.231 e. The second-order valence-electron chi connectivity index (χ2n) is 7.29. The molecule has 4 rings (SSSR count). The van der Waals surface area contributed by atoms with Crippen LogP contribution in [0.1, 0.15) is 6.92 Å². The van der Waals surface area contributed by atoms with Gasteiger partial charge >= 0.3 is 0 Å². The van der Waals surface area contributed by atoms with Gasteiger partial charge in [0.25, 0.3) is 0 Å². The normalized spacial score (nSPS) is 13.6. The molecule has 0 atom stereocenters. The van der Waals surface area contributed by atoms with Crippen LogP contribution in [0.2, 0.25) is 5.02 Å². The highest BCUT2D eigenvalue weighted by Crippen LogP contribution is 2.32. The molecule has 0 saturated carbocycles. The van der Waals surface area contributed by atoms with Gasteiger partial charge in [-0.25, -0.2) is 9.97 Å². The van der Waals surface area contributed by atoms with E-state index in [4.69, 9.17) is 16.3 Å². The Morgan fingerprint density at radius 1 is 1.03 bits per heavy atom. The molecule has 1 amide bonds. The highest BCUT2D eigenvalue weighted by Gasteiger charge is 2.22. The lowest BCUT2D eigenvalue weighted by Gasteiger charge is -2.36. The summed E-state index contributed by atoms with van der Waals surface area (Å²) in [6.07, 6.45) is 1.49. The second kappa shape index (κ2) is 9.69. The molecule has 0 aliphatic carbocycles. The molecule has 9 nitrogen and oxygen atoms in total. The van der Waals surface area contributed by atoms with Gasteiger partial charge < -0.3 is 25.2 Å². The second-order valence-corrected chi connectivity index (χ2v) is 7.72. The lowest BCUT2D eigenvalue weighted by atomic mass is 10.2. The number of rotatable bonds is 6. The summed E-state index contributed by atoms with van der Waals surface area (Å²) in [5, 5.41) is 6.61. The van der Waals surface area contributed by atoms with E-state index in [1.807, 2.05) is 42.5 Å². The number of carbonyl (C=O) groups excluding carboxylic acids is 1. The molecule has 10 heteroatoms. The number of carbonyl (C=O) groups is 1. The number of nitrogens with one attached hydrogen (secondary N) is 2. The van der Waals surface area contributed by atoms with E-state index in [9.17, 15) is 4.79 Å². The monoisotopic (exact) mass is 453 g/mol. The fourth-order valence-electron chi connectivity index (χ4n) is 3.56. The van der Waals surface area contributed by atoms with Gasteiger partial charge in [0.2, 0.25) is 17.8 Å². The Labute approximate surface area is 191 Å². The van der Waals surface area contributed by atoms with Crippen LogP contribution in [0.5, 0.6) is 5.75 Å². The number of aromatic nitrogens is 3. The van der Waals surface area contributed by atoms with Crippen LogP contribution < -0.4 is 25.2 Å². The lowest BCUT2D eigenvalue weighted by molar-refractivity contribution is -0.114. The summed E-state index contributed by atoms with van der Waals surface area (Å²) in [5.74, 6) is 1.72. The molecular formula is C22H24ClN7O2. The average molecular weight is 454 g/mol. The fourth-order valence-corrected chi connectivity index (χ4v) is 3.73. The van der Waals surface area contributed by atoms with Gasteiger partial charge in [-0.05, 0) is 36.4 Å². The third-order valence-corrected chi connectivity index (χ3v) is 5.28. The number of piperazine rings is 1. The number of halogens is 1. The van der Waals surface area contributed by atoms with Gasteiger partial charge in [0, 0.05) is 49.5 Å². The number of methoxy groups -OCH3 is 1. The van der Waals surface area contributed by atoms with Gasteiger partial charge in [-0.1, -0.05) is 17.7 Å². The average Bonchev–Trinajstić information content (AvgIpc) is 2.79. The number of anilines is 5. The first kappa shape index (κ1) is 21.6. The predicted molar refractivity (Wildman–Crippen MR) is 126 cm³/mol. The zero-order chi connectivity index (χ0) is 22.5. The van der Waals surface area contributed by atoms with Gasteiger partial charge in [0.1, 0.15) is 12.1 Å². The fraction of sp³-hybridized carbons (Fsp3) is 0.273. The van der Waals surface area contributed by atoms with Crippen molar-refractivity contribution in [2.75, 3.05) is 53.7 Å². The summed E-state index contributed by atoms with van der Waals surface area (Å²) in [5.41, 5.74) is 2.45. The first-order valence-corrected chi connectivity index (χ1v) is 10.6. The van der Waals surface area contributed by atoms with Crippen molar-refractivity contribution in [3.05, 3.63) is 53.8 Å². The molecule has 2 heterocycles. The molecule has 166 valence electrons. The molecule has 1 aromatic heterocycles. The van der Waals surface area contributed by atoms with Crippen LogP contribution >= 0.6 is 11.6 Å². The number of benzene rings is 2. The predicted octanol–water partition coefficient (Wildman–Crippen LogP) is 3.56. The van der Waals surface area contributed by atoms with Crippen LogP contribution in [0, 0.1) is 0 Å². The minimum absolute atomic E-state index is 0.126. The van der Waals surface area contributed by atoms with Crippen LogP contribution in [0.4, 0.5) is 29.0 Å². The van der Waals surface area contributed by atoms with E-state index in [-0.39, 0.29) is 5.91 Å².